The maximum Gasteiger partial charge on any atom is 0.231 e. The molecule has 18 heavy (non-hydrogen) atoms. The number of aromatic nitrogens is 2. The number of piperidine rings is 1. The minimum absolute atomic E-state index is 0.161. The number of likely N-dealkylation sites (N-methyl/N-ethyl adjacent to an activating group) is 1. The van der Waals surface area contributed by atoms with Gasteiger partial charge in [-0.1, -0.05) is 11.2 Å². The smallest absolute Gasteiger partial charge is 0.231 e. The van der Waals surface area contributed by atoms with Crippen LogP contribution in [0, 0.1) is 0 Å². The van der Waals surface area contributed by atoms with Crippen LogP contribution in [0.1, 0.15) is 24.7 Å². The van der Waals surface area contributed by atoms with Crippen LogP contribution in [-0.2, 0) is 4.79 Å². The Morgan fingerprint density at radius 2 is 2.44 bits per heavy atom. The van der Waals surface area contributed by atoms with Gasteiger partial charge in [0.1, 0.15) is 0 Å². The molecule has 0 N–H and O–H groups in total. The van der Waals surface area contributed by atoms with Gasteiger partial charge < -0.3 is 9.42 Å². The molecule has 3 heterocycles. The van der Waals surface area contributed by atoms with Gasteiger partial charge in [0.15, 0.2) is 0 Å². The Morgan fingerprint density at radius 3 is 3.17 bits per heavy atom. The van der Waals surface area contributed by atoms with E-state index in [0.29, 0.717) is 24.7 Å². The molecule has 1 atom stereocenters. The van der Waals surface area contributed by atoms with Crippen molar-refractivity contribution in [1.29, 1.82) is 0 Å². The molecule has 2 aromatic heterocycles. The first-order chi connectivity index (χ1) is 8.74. The highest BCUT2D eigenvalue weighted by molar-refractivity contribution is 7.13. The number of rotatable bonds is 2. The van der Waals surface area contributed by atoms with E-state index in [1.165, 1.54) is 0 Å². The first-order valence-corrected chi connectivity index (χ1v) is 6.73. The molecule has 1 unspecified atom stereocenters. The van der Waals surface area contributed by atoms with E-state index in [1.54, 1.807) is 16.2 Å². The molecular formula is C12H13N3O2S. The highest BCUT2D eigenvalue weighted by Gasteiger charge is 2.28. The Kier molecular flexibility index (Phi) is 2.87. The predicted octanol–water partition coefficient (Wildman–Crippen LogP) is 2.13. The van der Waals surface area contributed by atoms with Crippen LogP contribution in [0.25, 0.3) is 10.7 Å². The summed E-state index contributed by atoms with van der Waals surface area (Å²) >= 11 is 1.59. The van der Waals surface area contributed by atoms with Gasteiger partial charge in [-0.05, 0) is 17.9 Å². The molecule has 6 heteroatoms. The fraction of sp³-hybridized carbons (Fsp3) is 0.417. The average molecular weight is 263 g/mol. The van der Waals surface area contributed by atoms with Gasteiger partial charge in [-0.15, -0.1) is 11.3 Å². The normalized spacial score (nSPS) is 20.4. The van der Waals surface area contributed by atoms with E-state index in [1.807, 2.05) is 24.6 Å². The van der Waals surface area contributed by atoms with Crippen LogP contribution in [0.3, 0.4) is 0 Å². The van der Waals surface area contributed by atoms with Crippen LogP contribution in [0.2, 0.25) is 0 Å². The second-order valence-corrected chi connectivity index (χ2v) is 5.39. The molecule has 1 saturated heterocycles. The van der Waals surface area contributed by atoms with Crippen LogP contribution in [0.15, 0.2) is 22.0 Å². The predicted molar refractivity (Wildman–Crippen MR) is 67.2 cm³/mol. The topological polar surface area (TPSA) is 59.2 Å². The molecule has 0 spiro atoms. The molecule has 0 aliphatic carbocycles. The summed E-state index contributed by atoms with van der Waals surface area (Å²) in [5, 5.41) is 5.98. The molecular weight excluding hydrogens is 250 g/mol. The van der Waals surface area contributed by atoms with Crippen LogP contribution in [0.4, 0.5) is 0 Å². The lowest BCUT2D eigenvalue weighted by atomic mass is 9.98. The number of carbonyl (C=O) groups is 1. The van der Waals surface area contributed by atoms with Crippen molar-refractivity contribution >= 4 is 17.2 Å². The molecule has 0 radical (unpaired) electrons. The number of nitrogens with zero attached hydrogens (tertiary/aromatic N) is 3. The average Bonchev–Trinajstić information content (AvgIpc) is 3.01. The zero-order chi connectivity index (χ0) is 12.5. The van der Waals surface area contributed by atoms with E-state index in [-0.39, 0.29) is 11.8 Å². The van der Waals surface area contributed by atoms with Crippen LogP contribution >= 0.6 is 11.3 Å². The van der Waals surface area contributed by atoms with Crippen LogP contribution < -0.4 is 0 Å². The van der Waals surface area contributed by atoms with Crippen molar-refractivity contribution in [3.05, 3.63) is 23.4 Å². The second-order valence-electron chi connectivity index (χ2n) is 4.44. The maximum atomic E-state index is 11.4. The largest absolute Gasteiger partial charge is 0.345 e. The van der Waals surface area contributed by atoms with E-state index < -0.39 is 0 Å². The summed E-state index contributed by atoms with van der Waals surface area (Å²) in [6.07, 6.45) is 1.34. The Bertz CT molecular complexity index is 549. The summed E-state index contributed by atoms with van der Waals surface area (Å²) < 4.78 is 5.32. The summed E-state index contributed by atoms with van der Waals surface area (Å²) in [6, 6.07) is 3.93. The SMILES string of the molecule is CN1CC(c2nc(-c3cccs3)no2)CCC1=O. The van der Waals surface area contributed by atoms with E-state index in [4.69, 9.17) is 4.52 Å². The van der Waals surface area contributed by atoms with Gasteiger partial charge in [-0.3, -0.25) is 4.79 Å². The van der Waals surface area contributed by atoms with Crippen molar-refractivity contribution in [1.82, 2.24) is 15.0 Å². The van der Waals surface area contributed by atoms with Crippen molar-refractivity contribution in [2.45, 2.75) is 18.8 Å². The van der Waals surface area contributed by atoms with Gasteiger partial charge >= 0.3 is 0 Å². The quantitative estimate of drug-likeness (QED) is 0.832. The summed E-state index contributed by atoms with van der Waals surface area (Å²) in [5.41, 5.74) is 0. The van der Waals surface area contributed by atoms with Gasteiger partial charge in [0, 0.05) is 20.0 Å². The van der Waals surface area contributed by atoms with Crippen molar-refractivity contribution in [2.75, 3.05) is 13.6 Å². The fourth-order valence-electron chi connectivity index (χ4n) is 2.12. The highest BCUT2D eigenvalue weighted by Crippen LogP contribution is 2.28. The monoisotopic (exact) mass is 263 g/mol. The van der Waals surface area contributed by atoms with E-state index >= 15 is 0 Å². The molecule has 2 aromatic rings. The third-order valence-electron chi connectivity index (χ3n) is 3.16. The Balaban J connectivity index is 1.79. The molecule has 0 bridgehead atoms. The summed E-state index contributed by atoms with van der Waals surface area (Å²) in [4.78, 5) is 18.6. The maximum absolute atomic E-state index is 11.4. The fourth-order valence-corrected chi connectivity index (χ4v) is 2.77. The third-order valence-corrected chi connectivity index (χ3v) is 4.03. The summed E-state index contributed by atoms with van der Waals surface area (Å²) in [5.74, 6) is 1.62. The van der Waals surface area contributed by atoms with Gasteiger partial charge in [-0.25, -0.2) is 0 Å². The number of likely N-dealkylation sites (tertiary alicyclic amines) is 1. The Hall–Kier alpha value is -1.69. The zero-order valence-corrected chi connectivity index (χ0v) is 10.8. The van der Waals surface area contributed by atoms with Gasteiger partial charge in [-0.2, -0.15) is 4.98 Å². The zero-order valence-electron chi connectivity index (χ0n) is 10.00. The van der Waals surface area contributed by atoms with Crippen LogP contribution in [0.5, 0.6) is 0 Å². The second kappa shape index (κ2) is 4.53. The van der Waals surface area contributed by atoms with Crippen molar-refractivity contribution < 1.29 is 9.32 Å². The molecule has 5 nitrogen and oxygen atoms in total. The molecule has 1 aliphatic rings. The molecule has 1 fully saturated rings. The summed E-state index contributed by atoms with van der Waals surface area (Å²) in [6.45, 7) is 0.658. The molecule has 94 valence electrons. The van der Waals surface area contributed by atoms with Crippen molar-refractivity contribution in [3.8, 4) is 10.7 Å². The van der Waals surface area contributed by atoms with Gasteiger partial charge in [0.05, 0.1) is 10.8 Å². The van der Waals surface area contributed by atoms with E-state index in [2.05, 4.69) is 10.1 Å². The summed E-state index contributed by atoms with van der Waals surface area (Å²) in [7, 11) is 1.81. The van der Waals surface area contributed by atoms with Gasteiger partial charge in [0.25, 0.3) is 0 Å². The van der Waals surface area contributed by atoms with Gasteiger partial charge in [0.2, 0.25) is 17.6 Å². The standard InChI is InChI=1S/C12H13N3O2S/c1-15-7-8(4-5-10(15)16)12-13-11(14-17-12)9-3-2-6-18-9/h2-3,6,8H,4-5,7H2,1H3. The first-order valence-electron chi connectivity index (χ1n) is 5.85. The highest BCUT2D eigenvalue weighted by atomic mass is 32.1. The lowest BCUT2D eigenvalue weighted by Gasteiger charge is -2.27. The first kappa shape index (κ1) is 11.4. The number of thiophene rings is 1. The molecule has 3 rings (SSSR count). The molecule has 1 aliphatic heterocycles. The number of carbonyl (C=O) groups excluding carboxylic acids is 1. The molecule has 1 amide bonds. The minimum Gasteiger partial charge on any atom is -0.345 e. The lowest BCUT2D eigenvalue weighted by Crippen LogP contribution is -2.35. The third kappa shape index (κ3) is 2.03. The van der Waals surface area contributed by atoms with Crippen LogP contribution in [-0.4, -0.2) is 34.5 Å². The van der Waals surface area contributed by atoms with E-state index in [9.17, 15) is 4.79 Å². The molecule has 0 aromatic carbocycles. The van der Waals surface area contributed by atoms with Crippen molar-refractivity contribution in [3.63, 3.8) is 0 Å². The number of hydrogen-bond acceptors (Lipinski definition) is 5. The number of amides is 1. The number of hydrogen-bond donors (Lipinski definition) is 0. The Morgan fingerprint density at radius 1 is 1.56 bits per heavy atom. The van der Waals surface area contributed by atoms with E-state index in [0.717, 1.165) is 11.3 Å². The minimum atomic E-state index is 0.161. The Labute approximate surface area is 108 Å². The van der Waals surface area contributed by atoms with Crippen molar-refractivity contribution in [2.24, 2.45) is 0 Å². The molecule has 0 saturated carbocycles. The lowest BCUT2D eigenvalue weighted by molar-refractivity contribution is -0.132.